The van der Waals surface area contributed by atoms with E-state index in [-0.39, 0.29) is 13.0 Å². The largest absolute Gasteiger partial charge is 0.453 e. The summed E-state index contributed by atoms with van der Waals surface area (Å²) in [5.74, 6) is -2.15. The number of benzene rings is 2. The standard InChI is InChI=1S/C32H46N3O8P/c1-21(2)28(44(40,42-23-15-11-9-12-16-23)43-24-17-13-10-14-18-24)34-27(37)25-19-22(36)20-35(25)29(38)26(31(3,4)5)33-30(39)41-32(6,7)8/h9-18,21-22,25-26,28,36H,19-20H2,1-8H3,(H,33,39)(H,34,37)/t22-,25+,26-,28?/m1/s1. The highest BCUT2D eigenvalue weighted by atomic mass is 31.2. The van der Waals surface area contributed by atoms with Crippen molar-refractivity contribution in [2.24, 2.45) is 11.3 Å². The first-order valence-electron chi connectivity index (χ1n) is 14.8. The lowest BCUT2D eigenvalue weighted by Crippen LogP contribution is -2.59. The third-order valence-corrected chi connectivity index (χ3v) is 9.19. The normalized spacial score (nSPS) is 18.7. The lowest BCUT2D eigenvalue weighted by molar-refractivity contribution is -0.142. The lowest BCUT2D eigenvalue weighted by atomic mass is 9.85. The number of nitrogens with one attached hydrogen (secondary N) is 2. The summed E-state index contributed by atoms with van der Waals surface area (Å²) >= 11 is 0. The Morgan fingerprint density at radius 3 is 1.82 bits per heavy atom. The Hall–Kier alpha value is -3.56. The molecular weight excluding hydrogens is 585 g/mol. The first kappa shape index (κ1) is 34.9. The Kier molecular flexibility index (Phi) is 11.1. The van der Waals surface area contributed by atoms with E-state index >= 15 is 0 Å². The number of para-hydroxylation sites is 2. The maximum absolute atomic E-state index is 14.5. The molecule has 0 spiro atoms. The molecule has 1 aliphatic rings. The van der Waals surface area contributed by atoms with Gasteiger partial charge >= 0.3 is 13.7 Å². The van der Waals surface area contributed by atoms with Gasteiger partial charge in [-0.3, -0.25) is 9.59 Å². The van der Waals surface area contributed by atoms with E-state index in [9.17, 15) is 24.1 Å². The molecule has 12 heteroatoms. The van der Waals surface area contributed by atoms with E-state index in [4.69, 9.17) is 13.8 Å². The third-order valence-electron chi connectivity index (χ3n) is 6.85. The fraction of sp³-hybridized carbons (Fsp3) is 0.531. The van der Waals surface area contributed by atoms with Gasteiger partial charge in [-0.25, -0.2) is 9.36 Å². The highest BCUT2D eigenvalue weighted by molar-refractivity contribution is 7.55. The van der Waals surface area contributed by atoms with Crippen molar-refractivity contribution in [1.29, 1.82) is 0 Å². The molecule has 11 nitrogen and oxygen atoms in total. The molecule has 1 fully saturated rings. The average molecular weight is 632 g/mol. The SMILES string of the molecule is CC(C)C(NC(=O)[C@@H]1C[C@@H](O)CN1C(=O)[C@@H](NC(=O)OC(C)(C)C)C(C)(C)C)P(=O)(Oc1ccccc1)Oc1ccccc1. The van der Waals surface area contributed by atoms with Gasteiger partial charge in [0.1, 0.15) is 29.2 Å². The average Bonchev–Trinajstić information content (AvgIpc) is 3.31. The van der Waals surface area contributed by atoms with E-state index in [0.717, 1.165) is 0 Å². The van der Waals surface area contributed by atoms with Crippen LogP contribution < -0.4 is 19.7 Å². The van der Waals surface area contributed by atoms with Crippen molar-refractivity contribution in [2.45, 2.75) is 91.4 Å². The zero-order chi connectivity index (χ0) is 32.9. The summed E-state index contributed by atoms with van der Waals surface area (Å²) in [5, 5.41) is 16.1. The molecule has 242 valence electrons. The van der Waals surface area contributed by atoms with Gasteiger partial charge in [0.15, 0.2) is 5.78 Å². The van der Waals surface area contributed by atoms with Crippen LogP contribution >= 0.6 is 7.60 Å². The van der Waals surface area contributed by atoms with Crippen molar-refractivity contribution < 1.29 is 37.8 Å². The number of β-amino-alcohol motifs (C(OH)–C–C–N with tert-alkyl or cyclic N) is 1. The Labute approximate surface area is 260 Å². The molecule has 2 aromatic rings. The van der Waals surface area contributed by atoms with E-state index in [1.165, 1.54) is 4.90 Å². The fourth-order valence-electron chi connectivity index (χ4n) is 4.79. The summed E-state index contributed by atoms with van der Waals surface area (Å²) in [5.41, 5.74) is -1.54. The number of amides is 3. The molecule has 1 unspecified atom stereocenters. The molecule has 1 heterocycles. The van der Waals surface area contributed by atoms with Gasteiger partial charge in [-0.15, -0.1) is 0 Å². The second kappa shape index (κ2) is 14.0. The van der Waals surface area contributed by atoms with Crippen LogP contribution in [0.1, 0.15) is 61.8 Å². The smallest absolute Gasteiger partial charge is 0.444 e. The highest BCUT2D eigenvalue weighted by Gasteiger charge is 2.48. The fourth-order valence-corrected chi connectivity index (χ4v) is 6.90. The van der Waals surface area contributed by atoms with Crippen molar-refractivity contribution in [3.63, 3.8) is 0 Å². The Morgan fingerprint density at radius 2 is 1.39 bits per heavy atom. The molecule has 1 aliphatic heterocycles. The molecule has 2 aromatic carbocycles. The van der Waals surface area contributed by atoms with Gasteiger partial charge in [-0.2, -0.15) is 0 Å². The van der Waals surface area contributed by atoms with E-state index in [0.29, 0.717) is 11.5 Å². The van der Waals surface area contributed by atoms with Crippen LogP contribution in [0.15, 0.2) is 60.7 Å². The molecule has 3 rings (SSSR count). The predicted molar refractivity (Wildman–Crippen MR) is 167 cm³/mol. The van der Waals surface area contributed by atoms with Crippen LogP contribution in [0.3, 0.4) is 0 Å². The minimum absolute atomic E-state index is 0.0466. The molecule has 3 N–H and O–H groups in total. The minimum atomic E-state index is -4.14. The number of carbonyl (C=O) groups excluding carboxylic acids is 3. The number of rotatable bonds is 10. The summed E-state index contributed by atoms with van der Waals surface area (Å²) < 4.78 is 31.9. The van der Waals surface area contributed by atoms with Crippen LogP contribution in [0.2, 0.25) is 0 Å². The van der Waals surface area contributed by atoms with Gasteiger partial charge in [-0.1, -0.05) is 71.0 Å². The molecule has 0 aliphatic carbocycles. The van der Waals surface area contributed by atoms with Crippen molar-refractivity contribution >= 4 is 25.5 Å². The molecule has 0 aromatic heterocycles. The second-order valence-corrected chi connectivity index (χ2v) is 15.4. The summed E-state index contributed by atoms with van der Waals surface area (Å²) in [7, 11) is -4.14. The molecule has 44 heavy (non-hydrogen) atoms. The van der Waals surface area contributed by atoms with Crippen molar-refractivity contribution in [2.75, 3.05) is 6.54 Å². The molecule has 0 saturated carbocycles. The van der Waals surface area contributed by atoms with Gasteiger partial charge in [0.05, 0.1) is 6.10 Å². The van der Waals surface area contributed by atoms with Crippen LogP contribution in [0.5, 0.6) is 11.5 Å². The van der Waals surface area contributed by atoms with Crippen LogP contribution in [0.25, 0.3) is 0 Å². The van der Waals surface area contributed by atoms with Crippen LogP contribution in [-0.2, 0) is 18.9 Å². The Morgan fingerprint density at radius 1 is 0.886 bits per heavy atom. The highest BCUT2D eigenvalue weighted by Crippen LogP contribution is 2.54. The van der Waals surface area contributed by atoms with Crippen LogP contribution in [0.4, 0.5) is 4.79 Å². The van der Waals surface area contributed by atoms with E-state index in [1.807, 2.05) is 0 Å². The summed E-state index contributed by atoms with van der Waals surface area (Å²) in [6.07, 6.45) is -1.81. The van der Waals surface area contributed by atoms with Gasteiger partial charge in [-0.05, 0) is 56.4 Å². The number of carbonyl (C=O) groups is 3. The van der Waals surface area contributed by atoms with E-state index < -0.39 is 66.4 Å². The van der Waals surface area contributed by atoms with Gasteiger partial charge in [0.25, 0.3) is 0 Å². The number of likely N-dealkylation sites (tertiary alicyclic amines) is 1. The van der Waals surface area contributed by atoms with Crippen LogP contribution in [0, 0.1) is 11.3 Å². The molecule has 1 saturated heterocycles. The van der Waals surface area contributed by atoms with Gasteiger partial charge in [0, 0.05) is 13.0 Å². The maximum atomic E-state index is 14.5. The predicted octanol–water partition coefficient (Wildman–Crippen LogP) is 5.34. The maximum Gasteiger partial charge on any atom is 0.453 e. The zero-order valence-corrected chi connectivity index (χ0v) is 27.7. The summed E-state index contributed by atoms with van der Waals surface area (Å²) in [4.78, 5) is 41.7. The summed E-state index contributed by atoms with van der Waals surface area (Å²) in [6.45, 7) is 13.9. The first-order chi connectivity index (χ1) is 20.4. The zero-order valence-electron chi connectivity index (χ0n) is 26.8. The molecule has 4 atom stereocenters. The first-order valence-corrected chi connectivity index (χ1v) is 16.4. The van der Waals surface area contributed by atoms with E-state index in [1.54, 1.807) is 116 Å². The topological polar surface area (TPSA) is 144 Å². The Bertz CT molecular complexity index is 1280. The van der Waals surface area contributed by atoms with Crippen LogP contribution in [-0.4, -0.2) is 64.0 Å². The third kappa shape index (κ3) is 9.47. The molecule has 3 amide bonds. The number of aliphatic hydroxyl groups excluding tert-OH is 1. The number of hydrogen-bond donors (Lipinski definition) is 3. The summed E-state index contributed by atoms with van der Waals surface area (Å²) in [6, 6.07) is 14.9. The van der Waals surface area contributed by atoms with Crippen molar-refractivity contribution in [3.05, 3.63) is 60.7 Å². The van der Waals surface area contributed by atoms with Crippen molar-refractivity contribution in [3.8, 4) is 11.5 Å². The van der Waals surface area contributed by atoms with Crippen molar-refractivity contribution in [1.82, 2.24) is 15.5 Å². The molecule has 0 radical (unpaired) electrons. The quantitative estimate of drug-likeness (QED) is 0.299. The number of hydrogen-bond acceptors (Lipinski definition) is 8. The van der Waals surface area contributed by atoms with Gasteiger partial charge < -0.3 is 34.4 Å². The monoisotopic (exact) mass is 631 g/mol. The number of nitrogens with zero attached hydrogens (tertiary/aromatic N) is 1. The molecular formula is C32H46N3O8P. The second-order valence-electron chi connectivity index (χ2n) is 13.4. The number of aliphatic hydroxyl groups is 1. The van der Waals surface area contributed by atoms with E-state index in [2.05, 4.69) is 10.6 Å². The molecule has 0 bridgehead atoms. The number of ether oxygens (including phenoxy) is 1. The Balaban J connectivity index is 1.91. The van der Waals surface area contributed by atoms with Gasteiger partial charge in [0.2, 0.25) is 11.8 Å². The lowest BCUT2D eigenvalue weighted by Gasteiger charge is -2.36. The minimum Gasteiger partial charge on any atom is -0.444 e. The number of alkyl carbamates (subject to hydrolysis) is 1.